The van der Waals surface area contributed by atoms with Crippen LogP contribution in [0.4, 0.5) is 0 Å². The lowest BCUT2D eigenvalue weighted by Crippen LogP contribution is -1.90. The van der Waals surface area contributed by atoms with Crippen molar-refractivity contribution in [3.8, 4) is 22.6 Å². The fourth-order valence-electron chi connectivity index (χ4n) is 2.38. The molecule has 0 aliphatic carbocycles. The van der Waals surface area contributed by atoms with Gasteiger partial charge in [-0.3, -0.25) is 0 Å². The molecule has 0 heterocycles. The first kappa shape index (κ1) is 11.6. The molecule has 1 N–H and O–H groups in total. The average molecular weight is 250 g/mol. The fourth-order valence-corrected chi connectivity index (χ4v) is 2.38. The largest absolute Gasteiger partial charge is 0.507 e. The van der Waals surface area contributed by atoms with Gasteiger partial charge in [-0.05, 0) is 22.9 Å². The lowest BCUT2D eigenvalue weighted by Gasteiger charge is -2.13. The summed E-state index contributed by atoms with van der Waals surface area (Å²) >= 11 is 0. The molecule has 0 amide bonds. The Morgan fingerprint density at radius 2 is 1.58 bits per heavy atom. The second kappa shape index (κ2) is 4.65. The Bertz CT molecular complexity index is 732. The molecule has 0 bridgehead atoms. The number of rotatable bonds is 2. The van der Waals surface area contributed by atoms with Gasteiger partial charge in [-0.2, -0.15) is 0 Å². The van der Waals surface area contributed by atoms with Gasteiger partial charge in [0.2, 0.25) is 0 Å². The number of benzene rings is 3. The van der Waals surface area contributed by atoms with Gasteiger partial charge in [-0.1, -0.05) is 48.5 Å². The number of hydrogen-bond donors (Lipinski definition) is 1. The number of phenolic OH excluding ortho intramolecular Hbond substituents is 1. The summed E-state index contributed by atoms with van der Waals surface area (Å²) in [4.78, 5) is 0. The van der Waals surface area contributed by atoms with Crippen molar-refractivity contribution in [3.05, 3.63) is 60.7 Å². The van der Waals surface area contributed by atoms with Crippen molar-refractivity contribution in [1.82, 2.24) is 0 Å². The molecule has 0 fully saturated rings. The number of phenols is 1. The van der Waals surface area contributed by atoms with Gasteiger partial charge in [-0.25, -0.2) is 0 Å². The second-order valence-electron chi connectivity index (χ2n) is 4.38. The standard InChI is InChI=1S/C17H14O2/c1-19-16-11-10-12-6-2-3-7-13(12)17(16)14-8-4-5-9-15(14)18/h2-11,18H,1H3. The van der Waals surface area contributed by atoms with Crippen LogP contribution in [0.1, 0.15) is 0 Å². The molecule has 3 rings (SSSR count). The molecule has 0 saturated heterocycles. The van der Waals surface area contributed by atoms with E-state index in [0.29, 0.717) is 0 Å². The van der Waals surface area contributed by atoms with Gasteiger partial charge in [0.05, 0.1) is 7.11 Å². The lowest BCUT2D eigenvalue weighted by molar-refractivity contribution is 0.416. The molecule has 19 heavy (non-hydrogen) atoms. The Labute approximate surface area is 111 Å². The van der Waals surface area contributed by atoms with Crippen LogP contribution in [-0.2, 0) is 0 Å². The molecule has 94 valence electrons. The molecule has 0 aliphatic rings. The highest BCUT2D eigenvalue weighted by Crippen LogP contribution is 2.40. The highest BCUT2D eigenvalue weighted by atomic mass is 16.5. The minimum Gasteiger partial charge on any atom is -0.507 e. The topological polar surface area (TPSA) is 29.5 Å². The van der Waals surface area contributed by atoms with E-state index in [1.165, 1.54) is 0 Å². The summed E-state index contributed by atoms with van der Waals surface area (Å²) in [5.74, 6) is 1.03. The van der Waals surface area contributed by atoms with Crippen molar-refractivity contribution < 1.29 is 9.84 Å². The van der Waals surface area contributed by atoms with Crippen LogP contribution >= 0.6 is 0 Å². The zero-order valence-electron chi connectivity index (χ0n) is 10.6. The molecule has 2 nitrogen and oxygen atoms in total. The smallest absolute Gasteiger partial charge is 0.127 e. The fraction of sp³-hybridized carbons (Fsp3) is 0.0588. The first-order chi connectivity index (χ1) is 9.31. The summed E-state index contributed by atoms with van der Waals surface area (Å²) in [7, 11) is 1.65. The average Bonchev–Trinajstić information content (AvgIpc) is 2.47. The van der Waals surface area contributed by atoms with Crippen LogP contribution in [-0.4, -0.2) is 12.2 Å². The van der Waals surface area contributed by atoms with Crippen molar-refractivity contribution in [1.29, 1.82) is 0 Å². The summed E-state index contributed by atoms with van der Waals surface area (Å²) in [6.45, 7) is 0. The van der Waals surface area contributed by atoms with Gasteiger partial charge in [0.25, 0.3) is 0 Å². The Hall–Kier alpha value is -2.48. The van der Waals surface area contributed by atoms with Crippen molar-refractivity contribution in [2.24, 2.45) is 0 Å². The van der Waals surface area contributed by atoms with Crippen molar-refractivity contribution >= 4 is 10.8 Å². The van der Waals surface area contributed by atoms with E-state index in [1.807, 2.05) is 48.5 Å². The summed E-state index contributed by atoms with van der Waals surface area (Å²) in [6, 6.07) is 19.4. The molecular weight excluding hydrogens is 236 g/mol. The van der Waals surface area contributed by atoms with Crippen molar-refractivity contribution in [2.45, 2.75) is 0 Å². The molecule has 0 aliphatic heterocycles. The monoisotopic (exact) mass is 250 g/mol. The van der Waals surface area contributed by atoms with E-state index in [-0.39, 0.29) is 5.75 Å². The summed E-state index contributed by atoms with van der Waals surface area (Å²) in [6.07, 6.45) is 0. The molecule has 3 aromatic rings. The van der Waals surface area contributed by atoms with Crippen molar-refractivity contribution in [2.75, 3.05) is 7.11 Å². The maximum atomic E-state index is 10.1. The molecule has 0 radical (unpaired) electrons. The SMILES string of the molecule is COc1ccc2ccccc2c1-c1ccccc1O. The maximum Gasteiger partial charge on any atom is 0.127 e. The van der Waals surface area contributed by atoms with Crippen LogP contribution in [0.2, 0.25) is 0 Å². The molecule has 0 saturated carbocycles. The Morgan fingerprint density at radius 1 is 0.842 bits per heavy atom. The number of methoxy groups -OCH3 is 1. The van der Waals surface area contributed by atoms with Crippen LogP contribution in [0, 0.1) is 0 Å². The third kappa shape index (κ3) is 1.91. The number of ether oxygens (including phenoxy) is 1. The summed E-state index contributed by atoms with van der Waals surface area (Å²) in [5.41, 5.74) is 1.72. The number of para-hydroxylation sites is 1. The van der Waals surface area contributed by atoms with Gasteiger partial charge in [-0.15, -0.1) is 0 Å². The predicted molar refractivity (Wildman–Crippen MR) is 77.6 cm³/mol. The number of fused-ring (bicyclic) bond motifs is 1. The maximum absolute atomic E-state index is 10.1. The zero-order chi connectivity index (χ0) is 13.2. The van der Waals surface area contributed by atoms with Gasteiger partial charge in [0.15, 0.2) is 0 Å². The van der Waals surface area contributed by atoms with E-state index < -0.39 is 0 Å². The van der Waals surface area contributed by atoms with E-state index in [4.69, 9.17) is 4.74 Å². The third-order valence-electron chi connectivity index (χ3n) is 3.28. The molecule has 2 heteroatoms. The van der Waals surface area contributed by atoms with E-state index in [1.54, 1.807) is 13.2 Å². The number of aromatic hydroxyl groups is 1. The summed E-state index contributed by atoms with van der Waals surface area (Å²) < 4.78 is 5.45. The van der Waals surface area contributed by atoms with Crippen LogP contribution in [0.5, 0.6) is 11.5 Å². The van der Waals surface area contributed by atoms with E-state index >= 15 is 0 Å². The first-order valence-electron chi connectivity index (χ1n) is 6.15. The zero-order valence-corrected chi connectivity index (χ0v) is 10.6. The predicted octanol–water partition coefficient (Wildman–Crippen LogP) is 4.22. The van der Waals surface area contributed by atoms with Gasteiger partial charge in [0.1, 0.15) is 11.5 Å². The third-order valence-corrected chi connectivity index (χ3v) is 3.28. The van der Waals surface area contributed by atoms with Crippen LogP contribution in [0.25, 0.3) is 21.9 Å². The highest BCUT2D eigenvalue weighted by molar-refractivity contribution is 6.00. The molecule has 0 unspecified atom stereocenters. The van der Waals surface area contributed by atoms with Crippen molar-refractivity contribution in [3.63, 3.8) is 0 Å². The normalized spacial score (nSPS) is 10.6. The van der Waals surface area contributed by atoms with Crippen LogP contribution in [0.15, 0.2) is 60.7 Å². The molecule has 0 spiro atoms. The minimum atomic E-state index is 0.261. The number of hydrogen-bond acceptors (Lipinski definition) is 2. The van der Waals surface area contributed by atoms with E-state index in [9.17, 15) is 5.11 Å². The molecule has 0 atom stereocenters. The van der Waals surface area contributed by atoms with Crippen LogP contribution in [0.3, 0.4) is 0 Å². The lowest BCUT2D eigenvalue weighted by atomic mass is 9.96. The molecule has 3 aromatic carbocycles. The Balaban J connectivity index is 2.41. The Kier molecular flexibility index (Phi) is 2.84. The van der Waals surface area contributed by atoms with Gasteiger partial charge >= 0.3 is 0 Å². The van der Waals surface area contributed by atoms with E-state index in [0.717, 1.165) is 27.6 Å². The second-order valence-corrected chi connectivity index (χ2v) is 4.38. The quantitative estimate of drug-likeness (QED) is 0.737. The van der Waals surface area contributed by atoms with Gasteiger partial charge in [0, 0.05) is 11.1 Å². The Morgan fingerprint density at radius 3 is 2.37 bits per heavy atom. The molecular formula is C17H14O2. The highest BCUT2D eigenvalue weighted by Gasteiger charge is 2.13. The van der Waals surface area contributed by atoms with Gasteiger partial charge < -0.3 is 9.84 Å². The molecule has 0 aromatic heterocycles. The van der Waals surface area contributed by atoms with E-state index in [2.05, 4.69) is 6.07 Å². The first-order valence-corrected chi connectivity index (χ1v) is 6.15. The minimum absolute atomic E-state index is 0.261. The van der Waals surface area contributed by atoms with Crippen LogP contribution < -0.4 is 4.74 Å². The summed E-state index contributed by atoms with van der Waals surface area (Å²) in [5, 5.41) is 12.3.